The van der Waals surface area contributed by atoms with Crippen LogP contribution in [0, 0.1) is 11.8 Å². The molecule has 54 heavy (non-hydrogen) atoms. The molecule has 0 atom stereocenters. The van der Waals surface area contributed by atoms with Gasteiger partial charge in [-0.1, -0.05) is 147 Å². The van der Waals surface area contributed by atoms with Crippen LogP contribution >= 0.6 is 0 Å². The van der Waals surface area contributed by atoms with Crippen molar-refractivity contribution in [2.24, 2.45) is 0 Å². The Morgan fingerprint density at radius 2 is 1.13 bits per heavy atom. The Bertz CT molecular complexity index is 2520. The molecule has 5 nitrogen and oxygen atoms in total. The minimum Gasteiger partial charge on any atom is -0.355 e. The van der Waals surface area contributed by atoms with Crippen LogP contribution in [0.1, 0.15) is 42.8 Å². The molecule has 0 spiro atoms. The second-order valence-electron chi connectivity index (χ2n) is 14.0. The van der Waals surface area contributed by atoms with E-state index in [0.717, 1.165) is 44.9 Å². The number of aromatic nitrogens is 3. The zero-order valence-corrected chi connectivity index (χ0v) is 30.2. The first kappa shape index (κ1) is 32.8. The van der Waals surface area contributed by atoms with Crippen molar-refractivity contribution in [3.63, 3.8) is 0 Å². The molecule has 2 aliphatic rings. The van der Waals surface area contributed by atoms with E-state index in [1.807, 2.05) is 78.9 Å². The van der Waals surface area contributed by atoms with Crippen LogP contribution in [0.3, 0.4) is 0 Å². The van der Waals surface area contributed by atoms with Crippen LogP contribution in [0.15, 0.2) is 170 Å². The summed E-state index contributed by atoms with van der Waals surface area (Å²) in [6.07, 6.45) is 4.81. The van der Waals surface area contributed by atoms with Gasteiger partial charge in [0, 0.05) is 56.7 Å². The summed E-state index contributed by atoms with van der Waals surface area (Å²) < 4.78 is 0. The van der Waals surface area contributed by atoms with E-state index in [9.17, 15) is 0 Å². The Hall–Kier alpha value is -7.03. The third kappa shape index (κ3) is 6.14. The largest absolute Gasteiger partial charge is 0.355 e. The zero-order valence-electron chi connectivity index (χ0n) is 30.2. The maximum Gasteiger partial charge on any atom is 0.164 e. The number of fused-ring (bicyclic) bond motifs is 2. The minimum absolute atomic E-state index is 0.155. The van der Waals surface area contributed by atoms with Crippen LogP contribution in [-0.4, -0.2) is 15.0 Å². The average molecular weight is 696 g/mol. The summed E-state index contributed by atoms with van der Waals surface area (Å²) in [6.45, 7) is 4.63. The van der Waals surface area contributed by atoms with E-state index in [-0.39, 0.29) is 5.41 Å². The Morgan fingerprint density at radius 1 is 0.593 bits per heavy atom. The smallest absolute Gasteiger partial charge is 0.164 e. The highest BCUT2D eigenvalue weighted by Crippen LogP contribution is 2.52. The van der Waals surface area contributed by atoms with Crippen molar-refractivity contribution in [3.8, 4) is 34.6 Å². The molecule has 1 N–H and O–H groups in total. The van der Waals surface area contributed by atoms with E-state index in [0.29, 0.717) is 23.9 Å². The van der Waals surface area contributed by atoms with Crippen molar-refractivity contribution in [1.82, 2.24) is 15.0 Å². The second-order valence-corrected chi connectivity index (χ2v) is 14.0. The molecule has 7 aromatic rings. The second kappa shape index (κ2) is 13.8. The summed E-state index contributed by atoms with van der Waals surface area (Å²) in [5, 5.41) is 3.70. The number of anilines is 5. The molecule has 6 aromatic carbocycles. The molecule has 0 fully saturated rings. The van der Waals surface area contributed by atoms with Gasteiger partial charge < -0.3 is 10.2 Å². The van der Waals surface area contributed by atoms with Gasteiger partial charge in [-0.25, -0.2) is 15.0 Å². The number of benzene rings is 6. The summed E-state index contributed by atoms with van der Waals surface area (Å²) in [4.78, 5) is 17.4. The standard InChI is InChI=1S/C49H37N5/c1-49(2)41-26-14-16-28-44(41)54(45-29-17-15-27-42(45)49)39-30-31-43(50-38-24-10-5-11-25-38)40(33-39)36-22-12-13-23-37(32-36)48-52-46(34-18-6-3-7-19-34)51-47(53-48)35-20-8-4-9-21-35/h3-11,14-21,23-33,50H,13H2,1-2H3. The molecule has 9 rings (SSSR count). The van der Waals surface area contributed by atoms with Crippen LogP contribution in [-0.2, 0) is 5.41 Å². The lowest BCUT2D eigenvalue weighted by atomic mass is 9.73. The van der Waals surface area contributed by atoms with E-state index >= 15 is 0 Å². The number of nitrogens with one attached hydrogen (secondary N) is 1. The van der Waals surface area contributed by atoms with Gasteiger partial charge in [0.25, 0.3) is 0 Å². The molecule has 0 saturated heterocycles. The number of para-hydroxylation sites is 3. The van der Waals surface area contributed by atoms with Crippen molar-refractivity contribution in [2.75, 3.05) is 10.2 Å². The van der Waals surface area contributed by atoms with Crippen molar-refractivity contribution < 1.29 is 0 Å². The third-order valence-electron chi connectivity index (χ3n) is 10.1. The van der Waals surface area contributed by atoms with E-state index in [2.05, 4.69) is 127 Å². The summed E-state index contributed by atoms with van der Waals surface area (Å²) in [5.74, 6) is 8.79. The number of allylic oxidation sites excluding steroid dienone is 4. The van der Waals surface area contributed by atoms with Gasteiger partial charge >= 0.3 is 0 Å². The molecule has 258 valence electrons. The van der Waals surface area contributed by atoms with Gasteiger partial charge in [-0.05, 0) is 59.7 Å². The van der Waals surface area contributed by atoms with Gasteiger partial charge in [-0.2, -0.15) is 0 Å². The topological polar surface area (TPSA) is 53.9 Å². The van der Waals surface area contributed by atoms with Gasteiger partial charge in [0.1, 0.15) is 0 Å². The molecule has 2 heterocycles. The Labute approximate surface area is 316 Å². The molecule has 0 radical (unpaired) electrons. The number of nitrogens with zero attached hydrogens (tertiary/aromatic N) is 4. The SMILES string of the molecule is CC1(C)c2ccccc2N(c2ccc(Nc3ccccc3)c(C3=CC(c4nc(-c5ccccc5)nc(-c5ccccc5)n4)=CCC#C3)c2)c2ccccc21. The molecule has 5 heteroatoms. The van der Waals surface area contributed by atoms with Crippen LogP contribution in [0.4, 0.5) is 28.4 Å². The molecule has 1 aliphatic heterocycles. The maximum absolute atomic E-state index is 5.05. The lowest BCUT2D eigenvalue weighted by Crippen LogP contribution is -2.30. The van der Waals surface area contributed by atoms with Gasteiger partial charge in [-0.15, -0.1) is 0 Å². The third-order valence-corrected chi connectivity index (χ3v) is 10.1. The molecule has 0 saturated carbocycles. The van der Waals surface area contributed by atoms with Crippen LogP contribution in [0.2, 0.25) is 0 Å². The van der Waals surface area contributed by atoms with Crippen molar-refractivity contribution in [2.45, 2.75) is 25.7 Å². The fourth-order valence-corrected chi connectivity index (χ4v) is 7.42. The zero-order chi connectivity index (χ0) is 36.5. The first-order valence-electron chi connectivity index (χ1n) is 18.3. The minimum atomic E-state index is -0.155. The maximum atomic E-state index is 5.05. The van der Waals surface area contributed by atoms with E-state index in [4.69, 9.17) is 15.0 Å². The van der Waals surface area contributed by atoms with Gasteiger partial charge in [0.15, 0.2) is 17.5 Å². The predicted octanol–water partition coefficient (Wildman–Crippen LogP) is 11.9. The molecule has 0 unspecified atom stereocenters. The molecular formula is C49H37N5. The Kier molecular flexibility index (Phi) is 8.42. The summed E-state index contributed by atoms with van der Waals surface area (Å²) in [5.41, 5.74) is 12.4. The van der Waals surface area contributed by atoms with Crippen LogP contribution in [0.5, 0.6) is 0 Å². The summed E-state index contributed by atoms with van der Waals surface area (Å²) in [6, 6.07) is 54.5. The monoisotopic (exact) mass is 695 g/mol. The fourth-order valence-electron chi connectivity index (χ4n) is 7.42. The van der Waals surface area contributed by atoms with Gasteiger partial charge in [-0.3, -0.25) is 0 Å². The normalized spacial score (nSPS) is 14.0. The molecule has 0 amide bonds. The fraction of sp³-hybridized carbons (Fsp3) is 0.0816. The first-order valence-corrected chi connectivity index (χ1v) is 18.3. The highest BCUT2D eigenvalue weighted by atomic mass is 15.2. The van der Waals surface area contributed by atoms with E-state index < -0.39 is 0 Å². The molecular weight excluding hydrogens is 659 g/mol. The predicted molar refractivity (Wildman–Crippen MR) is 222 cm³/mol. The van der Waals surface area contributed by atoms with Crippen LogP contribution < -0.4 is 10.2 Å². The lowest BCUT2D eigenvalue weighted by molar-refractivity contribution is 0.632. The molecule has 0 bridgehead atoms. The van der Waals surface area contributed by atoms with E-state index in [1.165, 1.54) is 22.5 Å². The van der Waals surface area contributed by atoms with Gasteiger partial charge in [0.2, 0.25) is 0 Å². The van der Waals surface area contributed by atoms with Crippen molar-refractivity contribution in [1.29, 1.82) is 0 Å². The highest BCUT2D eigenvalue weighted by Gasteiger charge is 2.36. The molecule has 1 aliphatic carbocycles. The number of rotatable bonds is 7. The van der Waals surface area contributed by atoms with E-state index in [1.54, 1.807) is 0 Å². The summed E-state index contributed by atoms with van der Waals surface area (Å²) in [7, 11) is 0. The lowest BCUT2D eigenvalue weighted by Gasteiger charge is -2.42. The quantitative estimate of drug-likeness (QED) is 0.168. The highest BCUT2D eigenvalue weighted by molar-refractivity contribution is 5.97. The number of hydrogen-bond donors (Lipinski definition) is 1. The average Bonchev–Trinajstić information content (AvgIpc) is 3.49. The summed E-state index contributed by atoms with van der Waals surface area (Å²) >= 11 is 0. The Balaban J connectivity index is 1.21. The van der Waals surface area contributed by atoms with Crippen molar-refractivity contribution in [3.05, 3.63) is 192 Å². The molecule has 1 aromatic heterocycles. The first-order chi connectivity index (χ1) is 26.5. The number of hydrogen-bond acceptors (Lipinski definition) is 5. The van der Waals surface area contributed by atoms with Crippen molar-refractivity contribution >= 4 is 39.6 Å². The van der Waals surface area contributed by atoms with Crippen LogP contribution in [0.25, 0.3) is 33.9 Å². The Morgan fingerprint density at radius 3 is 1.74 bits per heavy atom. The van der Waals surface area contributed by atoms with Gasteiger partial charge in [0.05, 0.1) is 11.4 Å².